The minimum atomic E-state index is -0.0604. The Labute approximate surface area is 216 Å². The van der Waals surface area contributed by atoms with E-state index in [1.807, 2.05) is 34.5 Å². The SMILES string of the molecule is O=C(c1cccs1)N(CCN1CCOCC1)CC(=O)N(Cc1cccn1Cc1ccccc1)C1CC1. The third kappa shape index (κ3) is 6.43. The zero-order valence-corrected chi connectivity index (χ0v) is 21.4. The average molecular weight is 507 g/mol. The van der Waals surface area contributed by atoms with E-state index < -0.39 is 0 Å². The van der Waals surface area contributed by atoms with Crippen LogP contribution in [0.4, 0.5) is 0 Å². The first-order chi connectivity index (χ1) is 17.7. The predicted molar refractivity (Wildman–Crippen MR) is 141 cm³/mol. The third-order valence-electron chi connectivity index (χ3n) is 6.89. The number of carbonyl (C=O) groups is 2. The largest absolute Gasteiger partial charge is 0.379 e. The lowest BCUT2D eigenvalue weighted by Gasteiger charge is -2.31. The van der Waals surface area contributed by atoms with Crippen molar-refractivity contribution in [3.8, 4) is 0 Å². The van der Waals surface area contributed by atoms with Crippen molar-refractivity contribution in [3.05, 3.63) is 82.3 Å². The number of nitrogens with zero attached hydrogens (tertiary/aromatic N) is 4. The molecule has 1 saturated heterocycles. The first-order valence-corrected chi connectivity index (χ1v) is 13.7. The van der Waals surface area contributed by atoms with Crippen molar-refractivity contribution in [2.75, 3.05) is 45.9 Å². The molecule has 3 aromatic rings. The highest BCUT2D eigenvalue weighted by molar-refractivity contribution is 7.12. The predicted octanol–water partition coefficient (Wildman–Crippen LogP) is 3.56. The molecule has 2 fully saturated rings. The Balaban J connectivity index is 1.27. The summed E-state index contributed by atoms with van der Waals surface area (Å²) >= 11 is 1.43. The summed E-state index contributed by atoms with van der Waals surface area (Å²) in [6.45, 7) is 5.89. The van der Waals surface area contributed by atoms with Gasteiger partial charge in [-0.05, 0) is 42.0 Å². The first-order valence-electron chi connectivity index (χ1n) is 12.8. The van der Waals surface area contributed by atoms with Crippen LogP contribution in [0.2, 0.25) is 0 Å². The highest BCUT2D eigenvalue weighted by Crippen LogP contribution is 2.29. The Morgan fingerprint density at radius 3 is 2.53 bits per heavy atom. The van der Waals surface area contributed by atoms with Gasteiger partial charge in [-0.1, -0.05) is 36.4 Å². The molecule has 0 atom stereocenters. The lowest BCUT2D eigenvalue weighted by atomic mass is 10.2. The summed E-state index contributed by atoms with van der Waals surface area (Å²) in [6, 6.07) is 18.5. The number of carbonyl (C=O) groups excluding carboxylic acids is 2. The maximum absolute atomic E-state index is 13.6. The molecule has 7 nitrogen and oxygen atoms in total. The molecule has 36 heavy (non-hydrogen) atoms. The van der Waals surface area contributed by atoms with Crippen LogP contribution >= 0.6 is 11.3 Å². The molecule has 0 bridgehead atoms. The van der Waals surface area contributed by atoms with Crippen molar-refractivity contribution in [2.45, 2.75) is 32.0 Å². The molecular weight excluding hydrogens is 472 g/mol. The van der Waals surface area contributed by atoms with E-state index in [0.29, 0.717) is 18.0 Å². The van der Waals surface area contributed by atoms with Gasteiger partial charge >= 0.3 is 0 Å². The number of benzene rings is 1. The van der Waals surface area contributed by atoms with Gasteiger partial charge in [-0.15, -0.1) is 11.3 Å². The third-order valence-corrected chi connectivity index (χ3v) is 7.75. The fourth-order valence-electron chi connectivity index (χ4n) is 4.66. The molecule has 1 aliphatic carbocycles. The van der Waals surface area contributed by atoms with Crippen LogP contribution in [0.5, 0.6) is 0 Å². The molecule has 0 radical (unpaired) electrons. The summed E-state index contributed by atoms with van der Waals surface area (Å²) in [7, 11) is 0. The molecule has 190 valence electrons. The Hall–Kier alpha value is -2.94. The van der Waals surface area contributed by atoms with Crippen LogP contribution in [0, 0.1) is 0 Å². The number of hydrogen-bond donors (Lipinski definition) is 0. The van der Waals surface area contributed by atoms with Gasteiger partial charge in [0.25, 0.3) is 5.91 Å². The zero-order chi connectivity index (χ0) is 24.7. The molecule has 2 aromatic heterocycles. The second kappa shape index (κ2) is 11.9. The maximum Gasteiger partial charge on any atom is 0.264 e. The number of amides is 2. The number of ether oxygens (including phenoxy) is 1. The molecule has 1 aromatic carbocycles. The molecule has 0 unspecified atom stereocenters. The fourth-order valence-corrected chi connectivity index (χ4v) is 5.35. The first kappa shape index (κ1) is 24.7. The van der Waals surface area contributed by atoms with E-state index in [2.05, 4.69) is 46.0 Å². The van der Waals surface area contributed by atoms with Gasteiger partial charge in [0.2, 0.25) is 5.91 Å². The van der Waals surface area contributed by atoms with Gasteiger partial charge in [-0.25, -0.2) is 0 Å². The summed E-state index contributed by atoms with van der Waals surface area (Å²) in [5, 5.41) is 1.91. The van der Waals surface area contributed by atoms with E-state index in [-0.39, 0.29) is 24.4 Å². The quantitative estimate of drug-likeness (QED) is 0.399. The summed E-state index contributed by atoms with van der Waals surface area (Å²) in [5.41, 5.74) is 2.35. The minimum Gasteiger partial charge on any atom is -0.379 e. The fraction of sp³-hybridized carbons (Fsp3) is 0.429. The Morgan fingerprint density at radius 1 is 1.00 bits per heavy atom. The van der Waals surface area contributed by atoms with Crippen molar-refractivity contribution >= 4 is 23.2 Å². The summed E-state index contributed by atoms with van der Waals surface area (Å²) in [6.07, 6.45) is 4.13. The van der Waals surface area contributed by atoms with E-state index in [9.17, 15) is 9.59 Å². The number of rotatable bonds is 11. The van der Waals surface area contributed by atoms with Crippen LogP contribution in [0.15, 0.2) is 66.2 Å². The van der Waals surface area contributed by atoms with Crippen molar-refractivity contribution in [2.24, 2.45) is 0 Å². The highest BCUT2D eigenvalue weighted by atomic mass is 32.1. The monoisotopic (exact) mass is 506 g/mol. The Morgan fingerprint density at radius 2 is 1.81 bits per heavy atom. The highest BCUT2D eigenvalue weighted by Gasteiger charge is 2.34. The van der Waals surface area contributed by atoms with E-state index in [0.717, 1.165) is 57.9 Å². The maximum atomic E-state index is 13.6. The van der Waals surface area contributed by atoms with Gasteiger partial charge in [0.05, 0.1) is 24.6 Å². The second-order valence-corrected chi connectivity index (χ2v) is 10.5. The molecule has 0 spiro atoms. The smallest absolute Gasteiger partial charge is 0.264 e. The van der Waals surface area contributed by atoms with Gasteiger partial charge in [0.15, 0.2) is 0 Å². The topological polar surface area (TPSA) is 58.0 Å². The van der Waals surface area contributed by atoms with E-state index >= 15 is 0 Å². The van der Waals surface area contributed by atoms with Gasteiger partial charge in [0, 0.05) is 50.7 Å². The normalized spacial score (nSPS) is 16.1. The van der Waals surface area contributed by atoms with Gasteiger partial charge < -0.3 is 19.1 Å². The van der Waals surface area contributed by atoms with Crippen LogP contribution in [-0.4, -0.2) is 83.1 Å². The number of hydrogen-bond acceptors (Lipinski definition) is 5. The lowest BCUT2D eigenvalue weighted by molar-refractivity contribution is -0.133. The number of thiophene rings is 1. The Kier molecular flexibility index (Phi) is 8.15. The van der Waals surface area contributed by atoms with Crippen LogP contribution in [0.1, 0.15) is 33.8 Å². The molecule has 1 saturated carbocycles. The Bertz CT molecular complexity index is 1120. The molecule has 0 N–H and O–H groups in total. The van der Waals surface area contributed by atoms with Crippen molar-refractivity contribution < 1.29 is 14.3 Å². The van der Waals surface area contributed by atoms with Crippen molar-refractivity contribution in [1.29, 1.82) is 0 Å². The summed E-state index contributed by atoms with van der Waals surface area (Å²) in [4.78, 5) is 33.7. The van der Waals surface area contributed by atoms with Gasteiger partial charge in [-0.2, -0.15) is 0 Å². The van der Waals surface area contributed by atoms with E-state index in [1.165, 1.54) is 16.9 Å². The average Bonchev–Trinajstić information content (AvgIpc) is 3.41. The molecule has 3 heterocycles. The number of morpholine rings is 1. The molecule has 2 aliphatic rings. The standard InChI is InChI=1S/C28H34N4O3S/c33-27(22-31(28(34)26-9-5-19-36-26)14-13-29-15-17-35-18-16-29)32(24-10-11-24)21-25-8-4-12-30(25)20-23-6-2-1-3-7-23/h1-9,12,19,24H,10-11,13-18,20-22H2. The summed E-state index contributed by atoms with van der Waals surface area (Å²) < 4.78 is 7.67. The van der Waals surface area contributed by atoms with Crippen LogP contribution in [0.25, 0.3) is 0 Å². The van der Waals surface area contributed by atoms with Gasteiger partial charge in [-0.3, -0.25) is 14.5 Å². The van der Waals surface area contributed by atoms with Crippen molar-refractivity contribution in [3.63, 3.8) is 0 Å². The molecule has 5 rings (SSSR count). The zero-order valence-electron chi connectivity index (χ0n) is 20.6. The van der Waals surface area contributed by atoms with Gasteiger partial charge in [0.1, 0.15) is 6.54 Å². The number of aromatic nitrogens is 1. The molecule has 1 aliphatic heterocycles. The molecule has 2 amide bonds. The van der Waals surface area contributed by atoms with Crippen LogP contribution in [0.3, 0.4) is 0 Å². The summed E-state index contributed by atoms with van der Waals surface area (Å²) in [5.74, 6) is -0.0355. The van der Waals surface area contributed by atoms with Crippen LogP contribution < -0.4 is 0 Å². The lowest BCUT2D eigenvalue weighted by Crippen LogP contribution is -2.47. The minimum absolute atomic E-state index is 0.0249. The van der Waals surface area contributed by atoms with Crippen molar-refractivity contribution in [1.82, 2.24) is 19.3 Å². The second-order valence-electron chi connectivity index (χ2n) is 9.52. The van der Waals surface area contributed by atoms with Crippen LogP contribution in [-0.2, 0) is 22.6 Å². The molecular formula is C28H34N4O3S. The van der Waals surface area contributed by atoms with E-state index in [4.69, 9.17) is 4.74 Å². The van der Waals surface area contributed by atoms with E-state index in [1.54, 1.807) is 4.90 Å². The molecule has 8 heteroatoms.